The molecule has 18 heavy (non-hydrogen) atoms. The predicted molar refractivity (Wildman–Crippen MR) is 73.4 cm³/mol. The van der Waals surface area contributed by atoms with Crippen molar-refractivity contribution in [2.75, 3.05) is 6.54 Å². The largest absolute Gasteiger partial charge is 0.312 e. The minimum absolute atomic E-state index is 0.208. The lowest BCUT2D eigenvalue weighted by molar-refractivity contribution is 0.403. The Balaban J connectivity index is 1.77. The molecule has 1 aliphatic rings. The predicted octanol–water partition coefficient (Wildman–Crippen LogP) is 2.40. The van der Waals surface area contributed by atoms with Gasteiger partial charge in [-0.3, -0.25) is 0 Å². The molecule has 1 saturated carbocycles. The summed E-state index contributed by atoms with van der Waals surface area (Å²) in [7, 11) is 0. The summed E-state index contributed by atoms with van der Waals surface area (Å²) in [4.78, 5) is 0. The molecule has 2 rings (SSSR count). The molecule has 0 bridgehead atoms. The van der Waals surface area contributed by atoms with Crippen molar-refractivity contribution >= 4 is 0 Å². The van der Waals surface area contributed by atoms with Crippen LogP contribution < -0.4 is 5.32 Å². The fourth-order valence-electron chi connectivity index (χ4n) is 2.07. The smallest absolute Gasteiger partial charge is 0.0725 e. The molecule has 1 N–H and O–H groups in total. The zero-order valence-electron chi connectivity index (χ0n) is 12.2. The first-order chi connectivity index (χ1) is 8.38. The molecule has 0 radical (unpaired) electrons. The Labute approximate surface area is 110 Å². The zero-order chi connectivity index (χ0) is 13.2. The fraction of sp³-hybridized carbons (Fsp3) is 0.857. The van der Waals surface area contributed by atoms with Gasteiger partial charge in [0.05, 0.1) is 11.9 Å². The fourth-order valence-corrected chi connectivity index (χ4v) is 2.07. The summed E-state index contributed by atoms with van der Waals surface area (Å²) in [5.41, 5.74) is 1.98. The first-order valence-electron chi connectivity index (χ1n) is 7.00. The van der Waals surface area contributed by atoms with Crippen LogP contribution in [0.3, 0.4) is 0 Å². The third kappa shape index (κ3) is 4.09. The molecule has 0 amide bonds. The number of nitrogens with zero attached hydrogens (tertiary/aromatic N) is 3. The standard InChI is InChI=1S/C14H26N4/c1-13(2,3)15-9-5-6-12-10-16-17-18(12)11-14(4)7-8-14/h10,15H,5-9,11H2,1-4H3. The molecule has 0 aromatic carbocycles. The van der Waals surface area contributed by atoms with E-state index in [4.69, 9.17) is 0 Å². The highest BCUT2D eigenvalue weighted by Gasteiger charge is 2.38. The van der Waals surface area contributed by atoms with Crippen molar-refractivity contribution in [2.24, 2.45) is 5.41 Å². The van der Waals surface area contributed by atoms with E-state index in [1.54, 1.807) is 0 Å². The molecule has 0 aliphatic heterocycles. The summed E-state index contributed by atoms with van der Waals surface area (Å²) in [5.74, 6) is 0. The zero-order valence-corrected chi connectivity index (χ0v) is 12.2. The molecule has 4 heteroatoms. The van der Waals surface area contributed by atoms with Crippen molar-refractivity contribution in [3.05, 3.63) is 11.9 Å². The molecule has 4 nitrogen and oxygen atoms in total. The van der Waals surface area contributed by atoms with Gasteiger partial charge < -0.3 is 5.32 Å². The van der Waals surface area contributed by atoms with E-state index in [0.717, 1.165) is 25.9 Å². The Morgan fingerprint density at radius 3 is 2.72 bits per heavy atom. The van der Waals surface area contributed by atoms with Gasteiger partial charge in [-0.15, -0.1) is 5.10 Å². The van der Waals surface area contributed by atoms with Crippen LogP contribution in [-0.2, 0) is 13.0 Å². The minimum atomic E-state index is 0.208. The Hall–Kier alpha value is -0.900. The highest BCUT2D eigenvalue weighted by molar-refractivity contribution is 4.98. The lowest BCUT2D eigenvalue weighted by Crippen LogP contribution is -2.36. The Morgan fingerprint density at radius 1 is 1.39 bits per heavy atom. The number of hydrogen-bond acceptors (Lipinski definition) is 3. The van der Waals surface area contributed by atoms with Crippen LogP contribution >= 0.6 is 0 Å². The van der Waals surface area contributed by atoms with Gasteiger partial charge in [0.1, 0.15) is 0 Å². The lowest BCUT2D eigenvalue weighted by atomic mass is 10.1. The van der Waals surface area contributed by atoms with Crippen LogP contribution in [0, 0.1) is 5.41 Å². The average Bonchev–Trinajstić information content (AvgIpc) is 2.82. The summed E-state index contributed by atoms with van der Waals surface area (Å²) >= 11 is 0. The molecule has 1 fully saturated rings. The second kappa shape index (κ2) is 5.00. The Morgan fingerprint density at radius 2 is 2.11 bits per heavy atom. The molecule has 0 atom stereocenters. The maximum Gasteiger partial charge on any atom is 0.0725 e. The van der Waals surface area contributed by atoms with E-state index in [9.17, 15) is 0 Å². The maximum absolute atomic E-state index is 4.22. The number of aromatic nitrogens is 3. The topological polar surface area (TPSA) is 42.7 Å². The molecule has 0 saturated heterocycles. The SMILES string of the molecule is CC1(Cn2nncc2CCCNC(C)(C)C)CC1. The van der Waals surface area contributed by atoms with E-state index in [0.29, 0.717) is 5.41 Å². The molecule has 1 aromatic heterocycles. The molecular formula is C14H26N4. The average molecular weight is 250 g/mol. The third-order valence-corrected chi connectivity index (χ3v) is 3.60. The lowest BCUT2D eigenvalue weighted by Gasteiger charge is -2.20. The van der Waals surface area contributed by atoms with Crippen molar-refractivity contribution in [1.82, 2.24) is 20.3 Å². The van der Waals surface area contributed by atoms with E-state index in [-0.39, 0.29) is 5.54 Å². The van der Waals surface area contributed by atoms with E-state index in [1.807, 2.05) is 6.20 Å². The van der Waals surface area contributed by atoms with Gasteiger partial charge in [-0.2, -0.15) is 0 Å². The van der Waals surface area contributed by atoms with Gasteiger partial charge in [0, 0.05) is 12.1 Å². The quantitative estimate of drug-likeness (QED) is 0.788. The van der Waals surface area contributed by atoms with E-state index < -0.39 is 0 Å². The van der Waals surface area contributed by atoms with Crippen LogP contribution in [0.15, 0.2) is 6.20 Å². The first-order valence-corrected chi connectivity index (χ1v) is 7.00. The Kier molecular flexibility index (Phi) is 3.76. The molecule has 1 aromatic rings. The van der Waals surface area contributed by atoms with Crippen LogP contribution in [0.2, 0.25) is 0 Å². The van der Waals surface area contributed by atoms with Crippen LogP contribution in [-0.4, -0.2) is 27.1 Å². The molecule has 102 valence electrons. The summed E-state index contributed by atoms with van der Waals surface area (Å²) in [6.45, 7) is 11.0. The number of nitrogens with one attached hydrogen (secondary N) is 1. The second-order valence-electron chi connectivity index (χ2n) is 6.97. The molecular weight excluding hydrogens is 224 g/mol. The van der Waals surface area contributed by atoms with Gasteiger partial charge in [-0.25, -0.2) is 4.68 Å². The molecule has 1 heterocycles. The van der Waals surface area contributed by atoms with Crippen molar-refractivity contribution in [2.45, 2.75) is 65.5 Å². The van der Waals surface area contributed by atoms with Gasteiger partial charge in [0.2, 0.25) is 0 Å². The third-order valence-electron chi connectivity index (χ3n) is 3.60. The van der Waals surface area contributed by atoms with E-state index in [1.165, 1.54) is 18.5 Å². The van der Waals surface area contributed by atoms with Crippen molar-refractivity contribution in [3.63, 3.8) is 0 Å². The summed E-state index contributed by atoms with van der Waals surface area (Å²) < 4.78 is 2.10. The summed E-state index contributed by atoms with van der Waals surface area (Å²) in [6.07, 6.45) is 6.78. The normalized spacial score (nSPS) is 18.0. The van der Waals surface area contributed by atoms with E-state index in [2.05, 4.69) is 48.0 Å². The summed E-state index contributed by atoms with van der Waals surface area (Å²) in [5, 5.41) is 11.8. The van der Waals surface area contributed by atoms with Crippen LogP contribution in [0.5, 0.6) is 0 Å². The van der Waals surface area contributed by atoms with Crippen molar-refractivity contribution in [3.8, 4) is 0 Å². The number of hydrogen-bond donors (Lipinski definition) is 1. The van der Waals surface area contributed by atoms with Gasteiger partial charge in [0.25, 0.3) is 0 Å². The minimum Gasteiger partial charge on any atom is -0.312 e. The molecule has 1 aliphatic carbocycles. The van der Waals surface area contributed by atoms with Crippen LogP contribution in [0.1, 0.15) is 52.7 Å². The van der Waals surface area contributed by atoms with E-state index >= 15 is 0 Å². The maximum atomic E-state index is 4.22. The highest BCUT2D eigenvalue weighted by atomic mass is 15.4. The van der Waals surface area contributed by atoms with Crippen molar-refractivity contribution < 1.29 is 0 Å². The number of rotatable bonds is 6. The van der Waals surface area contributed by atoms with Crippen LogP contribution in [0.25, 0.3) is 0 Å². The van der Waals surface area contributed by atoms with Gasteiger partial charge in [-0.05, 0) is 58.4 Å². The highest BCUT2D eigenvalue weighted by Crippen LogP contribution is 2.46. The van der Waals surface area contributed by atoms with Gasteiger partial charge in [0.15, 0.2) is 0 Å². The van der Waals surface area contributed by atoms with Crippen LogP contribution in [0.4, 0.5) is 0 Å². The van der Waals surface area contributed by atoms with Gasteiger partial charge in [-0.1, -0.05) is 12.1 Å². The monoisotopic (exact) mass is 250 g/mol. The second-order valence-corrected chi connectivity index (χ2v) is 6.97. The molecule has 0 spiro atoms. The Bertz CT molecular complexity index is 385. The van der Waals surface area contributed by atoms with Gasteiger partial charge >= 0.3 is 0 Å². The summed E-state index contributed by atoms with van der Waals surface area (Å²) in [6, 6.07) is 0. The number of aryl methyl sites for hydroxylation is 1. The first kappa shape index (κ1) is 13.5. The van der Waals surface area contributed by atoms with Crippen molar-refractivity contribution in [1.29, 1.82) is 0 Å². The molecule has 0 unspecified atom stereocenters.